The molecule has 0 aliphatic heterocycles. The highest BCUT2D eigenvalue weighted by Crippen LogP contribution is 2.13. The van der Waals surface area contributed by atoms with Crippen molar-refractivity contribution in [3.63, 3.8) is 0 Å². The molecular weight excluding hydrogens is 376 g/mol. The second-order valence-electron chi connectivity index (χ2n) is 6.07. The van der Waals surface area contributed by atoms with Gasteiger partial charge in [-0.1, -0.05) is 30.3 Å². The van der Waals surface area contributed by atoms with Crippen molar-refractivity contribution < 1.29 is 9.59 Å². The highest BCUT2D eigenvalue weighted by molar-refractivity contribution is 6.30. The van der Waals surface area contributed by atoms with E-state index in [0.717, 1.165) is 16.8 Å². The molecule has 2 aromatic carbocycles. The van der Waals surface area contributed by atoms with E-state index in [0.29, 0.717) is 23.7 Å². The van der Waals surface area contributed by atoms with E-state index in [1.807, 2.05) is 18.3 Å². The van der Waals surface area contributed by atoms with Gasteiger partial charge in [0.05, 0.1) is 11.9 Å². The molecule has 1 aromatic heterocycles. The molecule has 0 saturated carbocycles. The number of nitrogens with one attached hydrogen (secondary N) is 2. The molecule has 0 radical (unpaired) electrons. The number of benzene rings is 2. The van der Waals surface area contributed by atoms with Gasteiger partial charge in [-0.05, 0) is 48.0 Å². The Kier molecular flexibility index (Phi) is 6.24. The minimum atomic E-state index is -0.235. The lowest BCUT2D eigenvalue weighted by molar-refractivity contribution is -0.116. The number of aromatic nitrogens is 2. The van der Waals surface area contributed by atoms with E-state index < -0.39 is 0 Å². The third kappa shape index (κ3) is 5.08. The molecule has 0 bridgehead atoms. The Morgan fingerprint density at radius 3 is 2.36 bits per heavy atom. The second kappa shape index (κ2) is 9.01. The number of rotatable bonds is 7. The Morgan fingerprint density at radius 1 is 1.00 bits per heavy atom. The van der Waals surface area contributed by atoms with Gasteiger partial charge in [0.25, 0.3) is 5.91 Å². The lowest BCUT2D eigenvalue weighted by Crippen LogP contribution is -2.23. The normalized spacial score (nSPS) is 10.3. The van der Waals surface area contributed by atoms with Crippen LogP contribution in [0.4, 0.5) is 0 Å². The van der Waals surface area contributed by atoms with Gasteiger partial charge >= 0.3 is 0 Å². The van der Waals surface area contributed by atoms with Crippen molar-refractivity contribution in [3.8, 4) is 5.69 Å². The monoisotopic (exact) mass is 394 g/mol. The number of hydrogen-bond donors (Lipinski definition) is 2. The smallest absolute Gasteiger partial charge is 0.251 e. The number of amides is 2. The van der Waals surface area contributed by atoms with Gasteiger partial charge in [-0.3, -0.25) is 9.59 Å². The zero-order chi connectivity index (χ0) is 19.9. The Bertz CT molecular complexity index is 978. The molecule has 0 aliphatic rings. The summed E-state index contributed by atoms with van der Waals surface area (Å²) in [5.41, 5.74) is 3.22. The standard InChI is InChI=1S/C21H19ClN4O2/c1-2-20(27)23-11-15-3-5-17(6-4-15)21(28)24-12-16-13-25-26(14-16)19-9-7-18(22)8-10-19/h2-10,13-14H,1,11-12H2,(H,23,27)(H,24,28). The van der Waals surface area contributed by atoms with Crippen LogP contribution in [-0.4, -0.2) is 21.6 Å². The summed E-state index contributed by atoms with van der Waals surface area (Å²) in [7, 11) is 0. The van der Waals surface area contributed by atoms with E-state index in [9.17, 15) is 9.59 Å². The zero-order valence-corrected chi connectivity index (χ0v) is 15.8. The average molecular weight is 395 g/mol. The molecule has 0 aliphatic carbocycles. The van der Waals surface area contributed by atoms with Gasteiger partial charge in [0.1, 0.15) is 0 Å². The first-order valence-electron chi connectivity index (χ1n) is 8.62. The lowest BCUT2D eigenvalue weighted by Gasteiger charge is -2.06. The highest BCUT2D eigenvalue weighted by atomic mass is 35.5. The number of halogens is 1. The van der Waals surface area contributed by atoms with E-state index in [2.05, 4.69) is 22.3 Å². The molecule has 0 unspecified atom stereocenters. The van der Waals surface area contributed by atoms with Crippen LogP contribution in [0.1, 0.15) is 21.5 Å². The Balaban J connectivity index is 1.54. The summed E-state index contributed by atoms with van der Waals surface area (Å²) in [5.74, 6) is -0.415. The fourth-order valence-electron chi connectivity index (χ4n) is 2.51. The third-order valence-electron chi connectivity index (χ3n) is 4.05. The third-order valence-corrected chi connectivity index (χ3v) is 4.30. The minimum absolute atomic E-state index is 0.180. The first kappa shape index (κ1) is 19.4. The van der Waals surface area contributed by atoms with Crippen molar-refractivity contribution in [2.24, 2.45) is 0 Å². The zero-order valence-electron chi connectivity index (χ0n) is 15.1. The van der Waals surface area contributed by atoms with E-state index >= 15 is 0 Å². The molecule has 28 heavy (non-hydrogen) atoms. The van der Waals surface area contributed by atoms with Crippen LogP contribution in [0.5, 0.6) is 0 Å². The van der Waals surface area contributed by atoms with Crippen LogP contribution in [0.25, 0.3) is 5.69 Å². The SMILES string of the molecule is C=CC(=O)NCc1ccc(C(=O)NCc2cnn(-c3ccc(Cl)cc3)c2)cc1. The van der Waals surface area contributed by atoms with E-state index in [1.165, 1.54) is 6.08 Å². The van der Waals surface area contributed by atoms with Gasteiger partial charge in [0.15, 0.2) is 0 Å². The molecule has 3 rings (SSSR count). The summed E-state index contributed by atoms with van der Waals surface area (Å²) in [5, 5.41) is 10.5. The maximum atomic E-state index is 12.3. The van der Waals surface area contributed by atoms with Gasteiger partial charge < -0.3 is 10.6 Å². The van der Waals surface area contributed by atoms with Crippen molar-refractivity contribution in [1.29, 1.82) is 0 Å². The predicted octanol–water partition coefficient (Wildman–Crippen LogP) is 3.26. The molecule has 2 amide bonds. The molecule has 0 saturated heterocycles. The van der Waals surface area contributed by atoms with Gasteiger partial charge in [-0.2, -0.15) is 5.10 Å². The first-order chi connectivity index (χ1) is 13.5. The van der Waals surface area contributed by atoms with Crippen molar-refractivity contribution in [2.75, 3.05) is 0 Å². The Hall–Kier alpha value is -3.38. The molecule has 0 fully saturated rings. The molecule has 0 atom stereocenters. The maximum absolute atomic E-state index is 12.3. The predicted molar refractivity (Wildman–Crippen MR) is 108 cm³/mol. The molecule has 1 heterocycles. The summed E-state index contributed by atoms with van der Waals surface area (Å²) >= 11 is 5.90. The molecule has 7 heteroatoms. The van der Waals surface area contributed by atoms with Crippen molar-refractivity contribution in [2.45, 2.75) is 13.1 Å². The summed E-state index contributed by atoms with van der Waals surface area (Å²) in [6.45, 7) is 4.15. The molecule has 142 valence electrons. The van der Waals surface area contributed by atoms with Crippen molar-refractivity contribution in [3.05, 3.63) is 95.3 Å². The fourth-order valence-corrected chi connectivity index (χ4v) is 2.63. The molecule has 6 nitrogen and oxygen atoms in total. The summed E-state index contributed by atoms with van der Waals surface area (Å²) in [6, 6.07) is 14.4. The molecule has 0 spiro atoms. The number of carbonyl (C=O) groups excluding carboxylic acids is 2. The van der Waals surface area contributed by atoms with Crippen LogP contribution in [0.3, 0.4) is 0 Å². The van der Waals surface area contributed by atoms with Crippen LogP contribution in [-0.2, 0) is 17.9 Å². The van der Waals surface area contributed by atoms with Crippen LogP contribution in [0, 0.1) is 0 Å². The second-order valence-corrected chi connectivity index (χ2v) is 6.51. The van der Waals surface area contributed by atoms with E-state index in [4.69, 9.17) is 11.6 Å². The molecular formula is C21H19ClN4O2. The number of carbonyl (C=O) groups is 2. The van der Waals surface area contributed by atoms with Crippen molar-refractivity contribution >= 4 is 23.4 Å². The van der Waals surface area contributed by atoms with Gasteiger partial charge in [-0.25, -0.2) is 4.68 Å². The fraction of sp³-hybridized carbons (Fsp3) is 0.0952. The average Bonchev–Trinajstić information content (AvgIpc) is 3.20. The van der Waals surface area contributed by atoms with Crippen LogP contribution < -0.4 is 10.6 Å². The van der Waals surface area contributed by atoms with Crippen LogP contribution in [0.15, 0.2) is 73.6 Å². The summed E-state index contributed by atoms with van der Waals surface area (Å²) in [4.78, 5) is 23.5. The quantitative estimate of drug-likeness (QED) is 0.604. The summed E-state index contributed by atoms with van der Waals surface area (Å²) in [6.07, 6.45) is 4.78. The molecule has 2 N–H and O–H groups in total. The maximum Gasteiger partial charge on any atom is 0.251 e. The van der Waals surface area contributed by atoms with Gasteiger partial charge in [-0.15, -0.1) is 0 Å². The number of nitrogens with zero attached hydrogens (tertiary/aromatic N) is 2. The van der Waals surface area contributed by atoms with E-state index in [-0.39, 0.29) is 11.8 Å². The first-order valence-corrected chi connectivity index (χ1v) is 9.00. The Morgan fingerprint density at radius 2 is 1.68 bits per heavy atom. The lowest BCUT2D eigenvalue weighted by atomic mass is 10.1. The Labute approximate surface area is 167 Å². The largest absolute Gasteiger partial charge is 0.348 e. The van der Waals surface area contributed by atoms with Crippen LogP contribution in [0.2, 0.25) is 5.02 Å². The van der Waals surface area contributed by atoms with Gasteiger partial charge in [0.2, 0.25) is 5.91 Å². The summed E-state index contributed by atoms with van der Waals surface area (Å²) < 4.78 is 1.73. The molecule has 3 aromatic rings. The topological polar surface area (TPSA) is 76.0 Å². The number of hydrogen-bond acceptors (Lipinski definition) is 3. The van der Waals surface area contributed by atoms with Crippen LogP contribution >= 0.6 is 11.6 Å². The highest BCUT2D eigenvalue weighted by Gasteiger charge is 2.07. The van der Waals surface area contributed by atoms with Gasteiger partial charge in [0, 0.05) is 35.4 Å². The van der Waals surface area contributed by atoms with Crippen molar-refractivity contribution in [1.82, 2.24) is 20.4 Å². The minimum Gasteiger partial charge on any atom is -0.348 e. The van der Waals surface area contributed by atoms with E-state index in [1.54, 1.807) is 47.3 Å².